The van der Waals surface area contributed by atoms with E-state index in [9.17, 15) is 0 Å². The summed E-state index contributed by atoms with van der Waals surface area (Å²) in [6.45, 7) is 8.12. The van der Waals surface area contributed by atoms with Crippen molar-refractivity contribution >= 4 is 0 Å². The maximum atomic E-state index is 3.68. The van der Waals surface area contributed by atoms with Crippen molar-refractivity contribution in [3.63, 3.8) is 0 Å². The van der Waals surface area contributed by atoms with Crippen LogP contribution in [0, 0.1) is 0 Å². The van der Waals surface area contributed by atoms with Crippen molar-refractivity contribution < 1.29 is 0 Å². The topological polar surface area (TPSA) is 0 Å². The molecular weight excluding hydrogens is 144 g/mol. The third-order valence-corrected chi connectivity index (χ3v) is 2.08. The summed E-state index contributed by atoms with van der Waals surface area (Å²) >= 11 is 0. The van der Waals surface area contributed by atoms with Crippen LogP contribution in [0.15, 0.2) is 24.3 Å². The maximum absolute atomic E-state index is 3.68. The molecule has 0 aromatic rings. The van der Waals surface area contributed by atoms with Crippen LogP contribution in [0.1, 0.15) is 52.4 Å². The molecule has 0 aliphatic heterocycles. The van der Waals surface area contributed by atoms with Crippen LogP contribution in [0.25, 0.3) is 0 Å². The Bertz CT molecular complexity index is 131. The first-order chi connectivity index (χ1) is 5.81. The molecule has 12 heavy (non-hydrogen) atoms. The fraction of sp³-hybridized carbons (Fsp3) is 0.667. The molecule has 0 saturated heterocycles. The molecule has 0 heteroatoms. The van der Waals surface area contributed by atoms with Crippen molar-refractivity contribution in [1.29, 1.82) is 0 Å². The third-order valence-electron chi connectivity index (χ3n) is 2.08. The van der Waals surface area contributed by atoms with E-state index in [1.54, 1.807) is 0 Å². The molecule has 0 heterocycles. The summed E-state index contributed by atoms with van der Waals surface area (Å²) in [5.41, 5.74) is 1.46. The van der Waals surface area contributed by atoms with Gasteiger partial charge in [0.1, 0.15) is 0 Å². The molecule has 0 unspecified atom stereocenters. The van der Waals surface area contributed by atoms with Crippen molar-refractivity contribution in [3.8, 4) is 0 Å². The van der Waals surface area contributed by atoms with Gasteiger partial charge in [0.05, 0.1) is 0 Å². The molecule has 0 aliphatic carbocycles. The summed E-state index contributed by atoms with van der Waals surface area (Å²) in [6, 6.07) is 0. The van der Waals surface area contributed by atoms with Gasteiger partial charge in [-0.2, -0.15) is 0 Å². The molecule has 0 rings (SSSR count). The molecule has 0 bridgehead atoms. The quantitative estimate of drug-likeness (QED) is 0.386. The van der Waals surface area contributed by atoms with Gasteiger partial charge in [-0.15, -0.1) is 0 Å². The van der Waals surface area contributed by atoms with Crippen molar-refractivity contribution in [2.75, 3.05) is 0 Å². The van der Waals surface area contributed by atoms with E-state index in [-0.39, 0.29) is 0 Å². The highest BCUT2D eigenvalue weighted by Gasteiger charge is 1.90. The Morgan fingerprint density at radius 2 is 1.83 bits per heavy atom. The van der Waals surface area contributed by atoms with E-state index < -0.39 is 0 Å². The van der Waals surface area contributed by atoms with Crippen molar-refractivity contribution in [3.05, 3.63) is 24.3 Å². The number of hydrogen-bond acceptors (Lipinski definition) is 0. The predicted octanol–water partition coefficient (Wildman–Crippen LogP) is 4.48. The van der Waals surface area contributed by atoms with Crippen LogP contribution in [0.4, 0.5) is 0 Å². The Hall–Kier alpha value is -0.520. The second-order valence-electron chi connectivity index (χ2n) is 3.41. The van der Waals surface area contributed by atoms with E-state index in [0.717, 1.165) is 0 Å². The normalized spacial score (nSPS) is 11.7. The number of unbranched alkanes of at least 4 members (excludes halogenated alkanes) is 4. The minimum atomic E-state index is 1.25. The van der Waals surface area contributed by atoms with Crippen molar-refractivity contribution in [1.82, 2.24) is 0 Å². The lowest BCUT2D eigenvalue weighted by atomic mass is 10.1. The van der Waals surface area contributed by atoms with Crippen molar-refractivity contribution in [2.45, 2.75) is 52.4 Å². The van der Waals surface area contributed by atoms with Crippen LogP contribution in [0.3, 0.4) is 0 Å². The molecule has 0 nitrogen and oxygen atoms in total. The zero-order chi connectivity index (χ0) is 9.23. The summed E-state index contributed by atoms with van der Waals surface area (Å²) in [6.07, 6.45) is 12.1. The third kappa shape index (κ3) is 7.59. The smallest absolute Gasteiger partial charge is 0.0320 e. The number of rotatable bonds is 7. The van der Waals surface area contributed by atoms with Crippen LogP contribution in [0.2, 0.25) is 0 Å². The molecule has 0 amide bonds. The largest absolute Gasteiger partial charge is 0.0991 e. The lowest BCUT2D eigenvalue weighted by Crippen LogP contribution is -1.80. The van der Waals surface area contributed by atoms with E-state index in [1.165, 1.54) is 44.1 Å². The number of allylic oxidation sites excluding steroid dienone is 3. The average Bonchev–Trinajstić information content (AvgIpc) is 2.05. The van der Waals surface area contributed by atoms with E-state index in [4.69, 9.17) is 0 Å². The Morgan fingerprint density at radius 3 is 2.42 bits per heavy atom. The molecule has 0 fully saturated rings. The summed E-state index contributed by atoms with van der Waals surface area (Å²) in [5.74, 6) is 0. The SMILES string of the molecule is C=C/C=C(\C)CCCCCCC. The first-order valence-electron chi connectivity index (χ1n) is 5.09. The Labute approximate surface area is 77.4 Å². The van der Waals surface area contributed by atoms with E-state index in [0.29, 0.717) is 0 Å². The molecule has 0 aromatic heterocycles. The van der Waals surface area contributed by atoms with Crippen LogP contribution in [-0.2, 0) is 0 Å². The predicted molar refractivity (Wildman–Crippen MR) is 57.3 cm³/mol. The second kappa shape index (κ2) is 8.58. The molecular formula is C12H22. The van der Waals surface area contributed by atoms with Gasteiger partial charge in [0.2, 0.25) is 0 Å². The molecule has 0 aliphatic rings. The summed E-state index contributed by atoms with van der Waals surface area (Å²) in [7, 11) is 0. The van der Waals surface area contributed by atoms with Gasteiger partial charge < -0.3 is 0 Å². The van der Waals surface area contributed by atoms with Crippen LogP contribution < -0.4 is 0 Å². The highest BCUT2D eigenvalue weighted by molar-refractivity contribution is 5.07. The van der Waals surface area contributed by atoms with Gasteiger partial charge in [0.15, 0.2) is 0 Å². The van der Waals surface area contributed by atoms with Crippen LogP contribution in [0.5, 0.6) is 0 Å². The van der Waals surface area contributed by atoms with Gasteiger partial charge in [-0.3, -0.25) is 0 Å². The Morgan fingerprint density at radius 1 is 1.17 bits per heavy atom. The monoisotopic (exact) mass is 166 g/mol. The van der Waals surface area contributed by atoms with E-state index in [2.05, 4.69) is 26.5 Å². The average molecular weight is 166 g/mol. The fourth-order valence-corrected chi connectivity index (χ4v) is 1.29. The molecule has 0 spiro atoms. The summed E-state index contributed by atoms with van der Waals surface area (Å²) < 4.78 is 0. The lowest BCUT2D eigenvalue weighted by Gasteiger charge is -1.99. The standard InChI is InChI=1S/C12H22/c1-4-6-7-8-9-11-12(3)10-5-2/h5,10H,2,4,6-9,11H2,1,3H3/b12-10+. The highest BCUT2D eigenvalue weighted by Crippen LogP contribution is 2.10. The van der Waals surface area contributed by atoms with Crippen LogP contribution >= 0.6 is 0 Å². The van der Waals surface area contributed by atoms with Crippen molar-refractivity contribution in [2.24, 2.45) is 0 Å². The first kappa shape index (κ1) is 11.5. The second-order valence-corrected chi connectivity index (χ2v) is 3.41. The molecule has 0 N–H and O–H groups in total. The minimum Gasteiger partial charge on any atom is -0.0991 e. The zero-order valence-electron chi connectivity index (χ0n) is 8.60. The molecule has 0 atom stereocenters. The van der Waals surface area contributed by atoms with Gasteiger partial charge in [-0.25, -0.2) is 0 Å². The zero-order valence-corrected chi connectivity index (χ0v) is 8.60. The summed E-state index contributed by atoms with van der Waals surface area (Å²) in [4.78, 5) is 0. The minimum absolute atomic E-state index is 1.25. The summed E-state index contributed by atoms with van der Waals surface area (Å²) in [5, 5.41) is 0. The van der Waals surface area contributed by atoms with Gasteiger partial charge in [0.25, 0.3) is 0 Å². The Balaban J connectivity index is 3.19. The van der Waals surface area contributed by atoms with Gasteiger partial charge in [-0.1, -0.05) is 56.9 Å². The van der Waals surface area contributed by atoms with Gasteiger partial charge in [0, 0.05) is 0 Å². The van der Waals surface area contributed by atoms with Crippen LogP contribution in [-0.4, -0.2) is 0 Å². The fourth-order valence-electron chi connectivity index (χ4n) is 1.29. The molecule has 0 aromatic carbocycles. The lowest BCUT2D eigenvalue weighted by molar-refractivity contribution is 0.630. The Kier molecular flexibility index (Phi) is 8.20. The number of hydrogen-bond donors (Lipinski definition) is 0. The molecule has 0 radical (unpaired) electrons. The van der Waals surface area contributed by atoms with Gasteiger partial charge in [-0.05, 0) is 19.8 Å². The molecule has 0 saturated carbocycles. The highest BCUT2D eigenvalue weighted by atomic mass is 14.0. The molecule has 70 valence electrons. The first-order valence-corrected chi connectivity index (χ1v) is 5.09. The van der Waals surface area contributed by atoms with E-state index >= 15 is 0 Å². The maximum Gasteiger partial charge on any atom is -0.0320 e. The van der Waals surface area contributed by atoms with Gasteiger partial charge >= 0.3 is 0 Å². The van der Waals surface area contributed by atoms with E-state index in [1.807, 2.05) is 6.08 Å².